The third-order valence-corrected chi connectivity index (χ3v) is 4.57. The topological polar surface area (TPSA) is 9.23 Å². The molecule has 0 radical (unpaired) electrons. The van der Waals surface area contributed by atoms with Gasteiger partial charge in [-0.25, -0.2) is 0 Å². The van der Waals surface area contributed by atoms with E-state index in [0.29, 0.717) is 20.7 Å². The van der Waals surface area contributed by atoms with Crippen molar-refractivity contribution in [2.75, 3.05) is 0 Å². The first kappa shape index (κ1) is 16.9. The van der Waals surface area contributed by atoms with Crippen LogP contribution in [0, 0.1) is 0 Å². The summed E-state index contributed by atoms with van der Waals surface area (Å²) in [7, 11) is 0. The maximum atomic E-state index is 12.6. The fourth-order valence-electron chi connectivity index (χ4n) is 2.07. The van der Waals surface area contributed by atoms with Gasteiger partial charge in [0.25, 0.3) is 0 Å². The van der Waals surface area contributed by atoms with Crippen LogP contribution in [-0.4, -0.2) is 15.0 Å². The Kier molecular flexibility index (Phi) is 5.92. The zero-order valence-corrected chi connectivity index (χ0v) is 13.9. The van der Waals surface area contributed by atoms with Crippen LogP contribution in [0.4, 0.5) is 13.2 Å². The Balaban J connectivity index is 2.13. The molecule has 0 aliphatic carbocycles. The van der Waals surface area contributed by atoms with Crippen molar-refractivity contribution < 1.29 is 17.9 Å². The van der Waals surface area contributed by atoms with Gasteiger partial charge in [-0.05, 0) is 0 Å². The molecule has 118 valence electrons. The zero-order chi connectivity index (χ0) is 16.0. The number of hydrogen-bond acceptors (Lipinski definition) is 1. The van der Waals surface area contributed by atoms with Gasteiger partial charge in [-0.3, -0.25) is 0 Å². The van der Waals surface area contributed by atoms with Gasteiger partial charge in [0.05, 0.1) is 0 Å². The van der Waals surface area contributed by atoms with Crippen LogP contribution in [0.25, 0.3) is 0 Å². The van der Waals surface area contributed by atoms with Crippen LogP contribution in [0.5, 0.6) is 5.75 Å². The van der Waals surface area contributed by atoms with E-state index in [9.17, 15) is 13.2 Å². The van der Waals surface area contributed by atoms with E-state index in [1.165, 1.54) is 12.1 Å². The average Bonchev–Trinajstić information content (AvgIpc) is 2.52. The molecule has 0 saturated heterocycles. The van der Waals surface area contributed by atoms with Gasteiger partial charge in [0.15, 0.2) is 0 Å². The van der Waals surface area contributed by atoms with E-state index in [1.807, 2.05) is 30.3 Å². The third-order valence-electron chi connectivity index (χ3n) is 3.22. The molecule has 22 heavy (non-hydrogen) atoms. The van der Waals surface area contributed by atoms with Gasteiger partial charge in [0.2, 0.25) is 0 Å². The van der Waals surface area contributed by atoms with Crippen molar-refractivity contribution in [3.05, 3.63) is 65.7 Å². The molecule has 0 spiro atoms. The molecule has 0 aromatic heterocycles. The van der Waals surface area contributed by atoms with Crippen LogP contribution in [0.15, 0.2) is 54.6 Å². The van der Waals surface area contributed by atoms with Gasteiger partial charge in [-0.2, -0.15) is 0 Å². The first-order valence-corrected chi connectivity index (χ1v) is 9.81. The molecule has 1 unspecified atom stereocenters. The molecule has 2 aromatic rings. The van der Waals surface area contributed by atoms with Crippen molar-refractivity contribution in [3.8, 4) is 5.75 Å². The molecule has 0 amide bonds. The van der Waals surface area contributed by atoms with Gasteiger partial charge in [-0.15, -0.1) is 0 Å². The average molecular weight is 373 g/mol. The Bertz CT molecular complexity index is 567. The normalized spacial score (nSPS) is 12.9. The summed E-state index contributed by atoms with van der Waals surface area (Å²) in [6.07, 6.45) is -3.58. The van der Waals surface area contributed by atoms with Crippen LogP contribution in [0.3, 0.4) is 0 Å². The molecule has 1 atom stereocenters. The first-order chi connectivity index (χ1) is 10.5. The van der Waals surface area contributed by atoms with E-state index in [0.717, 1.165) is 29.4 Å². The third kappa shape index (κ3) is 4.79. The monoisotopic (exact) mass is 374 g/mol. The maximum absolute atomic E-state index is 12.6. The summed E-state index contributed by atoms with van der Waals surface area (Å²) in [5.74, 6) is 2.62. The van der Waals surface area contributed by atoms with Crippen LogP contribution in [0.1, 0.15) is 23.7 Å². The molecule has 0 fully saturated rings. The fourth-order valence-corrected chi connectivity index (χ4v) is 3.02. The Morgan fingerprint density at radius 2 is 1.64 bits per heavy atom. The predicted molar refractivity (Wildman–Crippen MR) is 82.3 cm³/mol. The van der Waals surface area contributed by atoms with E-state index >= 15 is 0 Å². The van der Waals surface area contributed by atoms with Crippen molar-refractivity contribution in [2.45, 2.75) is 29.8 Å². The van der Waals surface area contributed by atoms with Crippen molar-refractivity contribution >= 4 is 15.0 Å². The number of rotatable bonds is 6. The van der Waals surface area contributed by atoms with Gasteiger partial charge in [0.1, 0.15) is 0 Å². The number of benzene rings is 2. The molecule has 0 N–H and O–H groups in total. The summed E-state index contributed by atoms with van der Waals surface area (Å²) >= 11 is 0.538. The van der Waals surface area contributed by atoms with Crippen LogP contribution < -0.4 is 4.74 Å². The summed E-state index contributed by atoms with van der Waals surface area (Å²) in [6.45, 7) is 0. The number of alkyl halides is 3. The van der Waals surface area contributed by atoms with E-state index in [4.69, 9.17) is 4.74 Å². The van der Waals surface area contributed by atoms with Crippen molar-refractivity contribution in [1.82, 2.24) is 0 Å². The molecular formula is C17H17F3OSe. The fraction of sp³-hybridized carbons (Fsp3) is 0.294. The zero-order valence-electron chi connectivity index (χ0n) is 12.1. The number of halogens is 3. The van der Waals surface area contributed by atoms with Gasteiger partial charge in [0, 0.05) is 0 Å². The van der Waals surface area contributed by atoms with Gasteiger partial charge >= 0.3 is 134 Å². The van der Waals surface area contributed by atoms with Crippen molar-refractivity contribution in [2.24, 2.45) is 0 Å². The predicted octanol–water partition coefficient (Wildman–Crippen LogP) is 5.39. The molecule has 0 bridgehead atoms. The molecule has 0 aliphatic heterocycles. The molecule has 0 heterocycles. The SMILES string of the molecule is C[Se]CCC(Oc1ccc(C(F)(F)F)cc1)c1ccccc1. The molecule has 2 rings (SSSR count). The molecule has 2 aromatic carbocycles. The van der Waals surface area contributed by atoms with Gasteiger partial charge in [-0.1, -0.05) is 0 Å². The van der Waals surface area contributed by atoms with Crippen LogP contribution in [0.2, 0.25) is 11.1 Å². The van der Waals surface area contributed by atoms with Crippen LogP contribution in [-0.2, 0) is 6.18 Å². The van der Waals surface area contributed by atoms with E-state index in [-0.39, 0.29) is 6.10 Å². The molecule has 0 aliphatic rings. The molecule has 1 nitrogen and oxygen atoms in total. The minimum atomic E-state index is -4.32. The number of hydrogen-bond donors (Lipinski definition) is 0. The van der Waals surface area contributed by atoms with E-state index in [1.54, 1.807) is 0 Å². The Morgan fingerprint density at radius 3 is 2.18 bits per heavy atom. The summed E-state index contributed by atoms with van der Waals surface area (Å²) < 4.78 is 43.6. The Hall–Kier alpha value is -1.45. The number of ether oxygens (including phenoxy) is 1. The second kappa shape index (κ2) is 7.70. The van der Waals surface area contributed by atoms with Crippen LogP contribution >= 0.6 is 0 Å². The summed E-state index contributed by atoms with van der Waals surface area (Å²) in [6, 6.07) is 14.7. The molecule has 5 heteroatoms. The van der Waals surface area contributed by atoms with Gasteiger partial charge < -0.3 is 0 Å². The first-order valence-electron chi connectivity index (χ1n) is 6.88. The van der Waals surface area contributed by atoms with E-state index < -0.39 is 11.7 Å². The minimum absolute atomic E-state index is 0.125. The Morgan fingerprint density at radius 1 is 1.00 bits per heavy atom. The molecule has 0 saturated carbocycles. The summed E-state index contributed by atoms with van der Waals surface area (Å²) in [4.78, 5) is 0. The van der Waals surface area contributed by atoms with E-state index in [2.05, 4.69) is 5.82 Å². The van der Waals surface area contributed by atoms with Crippen molar-refractivity contribution in [3.63, 3.8) is 0 Å². The Labute approximate surface area is 134 Å². The summed E-state index contributed by atoms with van der Waals surface area (Å²) in [5.41, 5.74) is 0.389. The van der Waals surface area contributed by atoms with Crippen molar-refractivity contribution in [1.29, 1.82) is 0 Å². The second-order valence-corrected chi connectivity index (χ2v) is 6.89. The molecular weight excluding hydrogens is 356 g/mol. The standard InChI is InChI=1S/C17H17F3OSe/c1-22-12-11-16(13-5-3-2-4-6-13)21-15-9-7-14(8-10-15)17(18,19)20/h2-10,16H,11-12H2,1H3. The quantitative estimate of drug-likeness (QED) is 0.618. The second-order valence-electron chi connectivity index (χ2n) is 4.82. The summed E-state index contributed by atoms with van der Waals surface area (Å²) in [5, 5.41) is 1.06.